The van der Waals surface area contributed by atoms with Crippen molar-refractivity contribution < 1.29 is 22.7 Å². The molecule has 0 bridgehead atoms. The number of carbonyl (C=O) groups excluding carboxylic acids is 1. The minimum atomic E-state index is -3.94. The van der Waals surface area contributed by atoms with Crippen molar-refractivity contribution in [1.82, 2.24) is 0 Å². The third kappa shape index (κ3) is 4.36. The Bertz CT molecular complexity index is 931. The molecule has 0 atom stereocenters. The number of rotatable bonds is 6. The number of ether oxygens (including phenoxy) is 2. The lowest BCUT2D eigenvalue weighted by atomic mass is 9.83. The minimum Gasteiger partial charge on any atom is -0.465 e. The van der Waals surface area contributed by atoms with Crippen molar-refractivity contribution in [3.63, 3.8) is 0 Å². The van der Waals surface area contributed by atoms with Gasteiger partial charge in [-0.3, -0.25) is 0 Å². The second-order valence-electron chi connectivity index (χ2n) is 7.13. The highest BCUT2D eigenvalue weighted by Gasteiger charge is 2.31. The minimum absolute atomic E-state index is 0.0926. The summed E-state index contributed by atoms with van der Waals surface area (Å²) in [5, 5.41) is 1.65. The van der Waals surface area contributed by atoms with Crippen LogP contribution in [0.2, 0.25) is 0 Å². The molecule has 0 radical (unpaired) electrons. The maximum atomic E-state index is 13.4. The van der Waals surface area contributed by atoms with Crippen LogP contribution in [0.5, 0.6) is 0 Å². The summed E-state index contributed by atoms with van der Waals surface area (Å²) in [5.74, 6) is -0.587. The maximum Gasteiger partial charge on any atom is 0.350 e. The van der Waals surface area contributed by atoms with E-state index in [0.717, 1.165) is 21.2 Å². The molecule has 1 aromatic carbocycles. The molecule has 0 aliphatic rings. The van der Waals surface area contributed by atoms with E-state index in [9.17, 15) is 13.2 Å². The lowest BCUT2D eigenvalue weighted by molar-refractivity contribution is 0.0607. The largest absolute Gasteiger partial charge is 0.465 e. The van der Waals surface area contributed by atoms with E-state index in [0.29, 0.717) is 5.46 Å². The lowest BCUT2D eigenvalue weighted by Crippen LogP contribution is -2.36. The summed E-state index contributed by atoms with van der Waals surface area (Å²) >= 11 is 1.12. The van der Waals surface area contributed by atoms with Crippen molar-refractivity contribution in [1.29, 1.82) is 0 Å². The molecule has 1 aromatic heterocycles. The fraction of sp³-hybridized carbons (Fsp3) is 0.389. The third-order valence-corrected chi connectivity index (χ3v) is 6.92. The zero-order valence-electron chi connectivity index (χ0n) is 16.4. The predicted octanol–water partition coefficient (Wildman–Crippen LogP) is 1.89. The molecular weight excluding hydrogens is 385 g/mol. The van der Waals surface area contributed by atoms with Gasteiger partial charge in [-0.15, -0.1) is 11.3 Å². The quantitative estimate of drug-likeness (QED) is 0.414. The van der Waals surface area contributed by atoms with Crippen molar-refractivity contribution >= 4 is 46.3 Å². The first kappa shape index (κ1) is 21.5. The van der Waals surface area contributed by atoms with Gasteiger partial charge in [0.05, 0.1) is 17.7 Å². The Labute approximate surface area is 165 Å². The van der Waals surface area contributed by atoms with Gasteiger partial charge < -0.3 is 9.47 Å². The second-order valence-corrected chi connectivity index (χ2v) is 9.88. The van der Waals surface area contributed by atoms with Crippen LogP contribution in [0.1, 0.15) is 36.0 Å². The molecule has 146 valence electrons. The van der Waals surface area contributed by atoms with Crippen LogP contribution >= 0.6 is 11.3 Å². The van der Waals surface area contributed by atoms with Gasteiger partial charge in [-0.1, -0.05) is 38.4 Å². The Kier molecular flexibility index (Phi) is 6.39. The first-order valence-electron chi connectivity index (χ1n) is 8.32. The number of methoxy groups -OCH3 is 2. The molecule has 1 heterocycles. The normalized spacial score (nSPS) is 12.0. The second kappa shape index (κ2) is 8.04. The number of anilines is 1. The van der Waals surface area contributed by atoms with Crippen LogP contribution in [0.25, 0.3) is 0 Å². The summed E-state index contributed by atoms with van der Waals surface area (Å²) in [4.78, 5) is 12.4. The SMILES string of the molecule is Bc1cc(C(C)(C)C)ccc1S(=O)(=O)N(COC)c1ccsc1C(=O)OC. The third-order valence-electron chi connectivity index (χ3n) is 4.14. The van der Waals surface area contributed by atoms with Crippen molar-refractivity contribution in [3.05, 3.63) is 40.1 Å². The maximum absolute atomic E-state index is 13.4. The van der Waals surface area contributed by atoms with Gasteiger partial charge in [-0.05, 0) is 28.5 Å². The van der Waals surface area contributed by atoms with Gasteiger partial charge in [-0.25, -0.2) is 17.5 Å². The molecule has 9 heteroatoms. The number of benzene rings is 1. The Hall–Kier alpha value is -1.84. The number of nitrogens with zero attached hydrogens (tertiary/aromatic N) is 1. The van der Waals surface area contributed by atoms with Crippen LogP contribution < -0.4 is 9.77 Å². The van der Waals surface area contributed by atoms with E-state index in [4.69, 9.17) is 9.47 Å². The molecule has 0 saturated heterocycles. The number of hydrogen-bond acceptors (Lipinski definition) is 6. The Balaban J connectivity index is 2.58. The summed E-state index contributed by atoms with van der Waals surface area (Å²) in [7, 11) is 0.495. The van der Waals surface area contributed by atoms with Crippen LogP contribution in [0.15, 0.2) is 34.5 Å². The molecule has 0 saturated carbocycles. The molecule has 0 aliphatic heterocycles. The van der Waals surface area contributed by atoms with E-state index in [1.165, 1.54) is 14.2 Å². The molecule has 27 heavy (non-hydrogen) atoms. The van der Waals surface area contributed by atoms with Crippen LogP contribution in [0, 0.1) is 0 Å². The standard InChI is InChI=1S/C18H24BNO5S2/c1-18(2,3)12-6-7-15(13(19)10-12)27(22,23)20(11-24-4)14-8-9-26-16(14)17(21)25-5/h6-10H,11,19H2,1-5H3. The van der Waals surface area contributed by atoms with Crippen molar-refractivity contribution in [2.45, 2.75) is 31.1 Å². The van der Waals surface area contributed by atoms with Crippen LogP contribution in [0.4, 0.5) is 5.69 Å². The first-order chi connectivity index (χ1) is 12.5. The van der Waals surface area contributed by atoms with Gasteiger partial charge in [0.2, 0.25) is 0 Å². The molecule has 0 N–H and O–H groups in total. The predicted molar refractivity (Wildman–Crippen MR) is 111 cm³/mol. The van der Waals surface area contributed by atoms with E-state index in [1.807, 2.05) is 12.1 Å². The first-order valence-corrected chi connectivity index (χ1v) is 10.6. The highest BCUT2D eigenvalue weighted by Crippen LogP contribution is 2.32. The Morgan fingerprint density at radius 3 is 2.41 bits per heavy atom. The van der Waals surface area contributed by atoms with Crippen LogP contribution in [-0.2, 0) is 24.9 Å². The van der Waals surface area contributed by atoms with Gasteiger partial charge in [0, 0.05) is 7.11 Å². The molecule has 0 fully saturated rings. The van der Waals surface area contributed by atoms with Gasteiger partial charge >= 0.3 is 5.97 Å². The van der Waals surface area contributed by atoms with Crippen LogP contribution in [0.3, 0.4) is 0 Å². The number of hydrogen-bond donors (Lipinski definition) is 0. The van der Waals surface area contributed by atoms with Gasteiger partial charge in [0.15, 0.2) is 0 Å². The van der Waals surface area contributed by atoms with Crippen LogP contribution in [-0.4, -0.2) is 43.2 Å². The zero-order valence-corrected chi connectivity index (χ0v) is 18.0. The number of sulfonamides is 1. The Morgan fingerprint density at radius 2 is 1.89 bits per heavy atom. The molecule has 6 nitrogen and oxygen atoms in total. The van der Waals surface area contributed by atoms with Crippen molar-refractivity contribution in [2.24, 2.45) is 0 Å². The summed E-state index contributed by atoms with van der Waals surface area (Å²) in [6.07, 6.45) is 0. The van der Waals surface area contributed by atoms with Crippen molar-refractivity contribution in [2.75, 3.05) is 25.3 Å². The highest BCUT2D eigenvalue weighted by molar-refractivity contribution is 7.93. The lowest BCUT2D eigenvalue weighted by Gasteiger charge is -2.26. The van der Waals surface area contributed by atoms with E-state index < -0.39 is 16.0 Å². The summed E-state index contributed by atoms with van der Waals surface area (Å²) in [6, 6.07) is 6.89. The Morgan fingerprint density at radius 1 is 1.22 bits per heavy atom. The molecule has 0 spiro atoms. The van der Waals surface area contributed by atoms with E-state index in [2.05, 4.69) is 20.8 Å². The van der Waals surface area contributed by atoms with E-state index >= 15 is 0 Å². The molecule has 0 unspecified atom stereocenters. The van der Waals surface area contributed by atoms with Crippen molar-refractivity contribution in [3.8, 4) is 0 Å². The fourth-order valence-corrected chi connectivity index (χ4v) is 5.12. The summed E-state index contributed by atoms with van der Waals surface area (Å²) < 4.78 is 37.7. The van der Waals surface area contributed by atoms with Gasteiger partial charge in [0.1, 0.15) is 19.5 Å². The van der Waals surface area contributed by atoms with E-state index in [1.54, 1.807) is 25.4 Å². The van der Waals surface area contributed by atoms with E-state index in [-0.39, 0.29) is 27.6 Å². The number of thiophene rings is 1. The zero-order chi connectivity index (χ0) is 20.4. The molecule has 0 aliphatic carbocycles. The summed E-state index contributed by atoms with van der Waals surface area (Å²) in [6.45, 7) is 5.99. The number of carbonyl (C=O) groups is 1. The molecule has 2 aromatic rings. The fourth-order valence-electron chi connectivity index (χ4n) is 2.65. The molecular formula is C18H24BNO5S2. The van der Waals surface area contributed by atoms with Gasteiger partial charge in [0.25, 0.3) is 10.0 Å². The average Bonchev–Trinajstić information content (AvgIpc) is 3.06. The smallest absolute Gasteiger partial charge is 0.350 e. The number of esters is 1. The molecule has 0 amide bonds. The average molecular weight is 409 g/mol. The van der Waals surface area contributed by atoms with Gasteiger partial charge in [-0.2, -0.15) is 0 Å². The summed E-state index contributed by atoms with van der Waals surface area (Å²) in [5.41, 5.74) is 1.83. The molecule has 2 rings (SSSR count). The monoisotopic (exact) mass is 409 g/mol. The highest BCUT2D eigenvalue weighted by atomic mass is 32.2. The topological polar surface area (TPSA) is 72.9 Å².